The first-order chi connectivity index (χ1) is 11.1. The zero-order chi connectivity index (χ0) is 17.6. The predicted octanol–water partition coefficient (Wildman–Crippen LogP) is 4.81. The van der Waals surface area contributed by atoms with Crippen molar-refractivity contribution in [3.63, 3.8) is 0 Å². The number of hydrogen-bond donors (Lipinski definition) is 1. The summed E-state index contributed by atoms with van der Waals surface area (Å²) in [5.74, 6) is 0.641. The van der Waals surface area contributed by atoms with Gasteiger partial charge in [0, 0.05) is 5.69 Å². The van der Waals surface area contributed by atoms with Gasteiger partial charge in [0.1, 0.15) is 0 Å². The molecule has 2 fully saturated rings. The van der Waals surface area contributed by atoms with Crippen molar-refractivity contribution in [1.82, 2.24) is 0 Å². The SMILES string of the molecule is CC1CCC2(CC1)CCC2S(=O)(=O)Nc1ccc(C(F)(F)F)cc1. The Hall–Kier alpha value is -1.24. The van der Waals surface area contributed by atoms with Crippen molar-refractivity contribution in [2.24, 2.45) is 11.3 Å². The van der Waals surface area contributed by atoms with Gasteiger partial charge in [-0.15, -0.1) is 0 Å². The molecule has 2 aliphatic rings. The molecule has 2 aliphatic carbocycles. The van der Waals surface area contributed by atoms with Crippen molar-refractivity contribution >= 4 is 15.7 Å². The van der Waals surface area contributed by atoms with E-state index in [0.717, 1.165) is 44.2 Å². The van der Waals surface area contributed by atoms with E-state index in [2.05, 4.69) is 11.6 Å². The van der Waals surface area contributed by atoms with Crippen LogP contribution in [0, 0.1) is 11.3 Å². The normalized spacial score (nSPS) is 30.8. The first-order valence-corrected chi connectivity index (χ1v) is 9.86. The summed E-state index contributed by atoms with van der Waals surface area (Å²) in [5, 5.41) is -0.431. The Balaban J connectivity index is 1.72. The monoisotopic (exact) mass is 361 g/mol. The molecule has 24 heavy (non-hydrogen) atoms. The zero-order valence-corrected chi connectivity index (χ0v) is 14.4. The standard InChI is InChI=1S/C17H22F3NO2S/c1-12-6-9-16(10-7-12)11-8-15(16)24(22,23)21-14-4-2-13(3-5-14)17(18,19)20/h2-5,12,15,21H,6-11H2,1H3. The number of benzene rings is 1. The van der Waals surface area contributed by atoms with Gasteiger partial charge in [-0.05, 0) is 61.3 Å². The van der Waals surface area contributed by atoms with E-state index >= 15 is 0 Å². The lowest BCUT2D eigenvalue weighted by Gasteiger charge is -2.52. The maximum absolute atomic E-state index is 12.7. The highest BCUT2D eigenvalue weighted by atomic mass is 32.2. The Kier molecular flexibility index (Phi) is 4.35. The summed E-state index contributed by atoms with van der Waals surface area (Å²) in [6.45, 7) is 2.19. The summed E-state index contributed by atoms with van der Waals surface area (Å²) in [4.78, 5) is 0. The van der Waals surface area contributed by atoms with Crippen molar-refractivity contribution in [2.45, 2.75) is 56.9 Å². The minimum absolute atomic E-state index is 0.135. The average molecular weight is 361 g/mol. The van der Waals surface area contributed by atoms with Crippen LogP contribution in [0.25, 0.3) is 0 Å². The number of anilines is 1. The molecule has 1 atom stereocenters. The number of alkyl halides is 3. The first kappa shape index (κ1) is 17.6. The van der Waals surface area contributed by atoms with Crippen LogP contribution in [-0.2, 0) is 16.2 Å². The second-order valence-electron chi connectivity index (χ2n) is 7.29. The fourth-order valence-corrected chi connectivity index (χ4v) is 6.07. The highest BCUT2D eigenvalue weighted by Gasteiger charge is 2.54. The van der Waals surface area contributed by atoms with Gasteiger partial charge in [0.2, 0.25) is 10.0 Å². The molecule has 1 aromatic carbocycles. The molecule has 3 nitrogen and oxygen atoms in total. The van der Waals surface area contributed by atoms with Crippen LogP contribution in [0.2, 0.25) is 0 Å². The van der Waals surface area contributed by atoms with Crippen LogP contribution in [0.5, 0.6) is 0 Å². The third-order valence-electron chi connectivity index (χ3n) is 5.70. The van der Waals surface area contributed by atoms with Gasteiger partial charge in [0.05, 0.1) is 10.8 Å². The molecule has 3 rings (SSSR count). The molecule has 0 bridgehead atoms. The number of rotatable bonds is 3. The Morgan fingerprint density at radius 2 is 1.58 bits per heavy atom. The fraction of sp³-hybridized carbons (Fsp3) is 0.647. The Morgan fingerprint density at radius 1 is 1.04 bits per heavy atom. The van der Waals surface area contributed by atoms with Crippen molar-refractivity contribution < 1.29 is 21.6 Å². The van der Waals surface area contributed by atoms with Crippen LogP contribution in [0.1, 0.15) is 51.0 Å². The van der Waals surface area contributed by atoms with Crippen LogP contribution in [0.3, 0.4) is 0 Å². The van der Waals surface area contributed by atoms with Gasteiger partial charge in [-0.25, -0.2) is 8.42 Å². The Bertz CT molecular complexity index is 690. The highest BCUT2D eigenvalue weighted by Crippen LogP contribution is 2.55. The average Bonchev–Trinajstić information content (AvgIpc) is 2.45. The molecule has 0 amide bonds. The van der Waals surface area contributed by atoms with Gasteiger partial charge in [0.25, 0.3) is 0 Å². The van der Waals surface area contributed by atoms with Gasteiger partial charge in [-0.1, -0.05) is 19.8 Å². The molecule has 134 valence electrons. The van der Waals surface area contributed by atoms with Crippen molar-refractivity contribution in [3.05, 3.63) is 29.8 Å². The molecule has 0 saturated heterocycles. The van der Waals surface area contributed by atoms with E-state index in [1.54, 1.807) is 0 Å². The molecule has 0 radical (unpaired) electrons. The van der Waals surface area contributed by atoms with Gasteiger partial charge in [-0.3, -0.25) is 4.72 Å². The summed E-state index contributed by atoms with van der Waals surface area (Å²) < 4.78 is 65.6. The molecule has 1 unspecified atom stereocenters. The highest BCUT2D eigenvalue weighted by molar-refractivity contribution is 7.93. The van der Waals surface area contributed by atoms with E-state index in [-0.39, 0.29) is 11.1 Å². The van der Waals surface area contributed by atoms with Crippen molar-refractivity contribution in [3.8, 4) is 0 Å². The van der Waals surface area contributed by atoms with Crippen LogP contribution in [0.4, 0.5) is 18.9 Å². The second-order valence-corrected chi connectivity index (χ2v) is 9.16. The second kappa shape index (κ2) is 5.93. The quantitative estimate of drug-likeness (QED) is 0.840. The molecule has 0 aromatic heterocycles. The number of hydrogen-bond acceptors (Lipinski definition) is 2. The lowest BCUT2D eigenvalue weighted by atomic mass is 9.59. The summed E-state index contributed by atoms with van der Waals surface area (Å²) >= 11 is 0. The van der Waals surface area contributed by atoms with Crippen molar-refractivity contribution in [2.75, 3.05) is 4.72 Å². The van der Waals surface area contributed by atoms with Crippen LogP contribution < -0.4 is 4.72 Å². The number of halogens is 3. The van der Waals surface area contributed by atoms with Crippen LogP contribution >= 0.6 is 0 Å². The zero-order valence-electron chi connectivity index (χ0n) is 13.6. The largest absolute Gasteiger partial charge is 0.416 e. The minimum Gasteiger partial charge on any atom is -0.283 e. The maximum Gasteiger partial charge on any atom is 0.416 e. The predicted molar refractivity (Wildman–Crippen MR) is 87.1 cm³/mol. The van der Waals surface area contributed by atoms with E-state index in [0.29, 0.717) is 12.3 Å². The topological polar surface area (TPSA) is 46.2 Å². The summed E-state index contributed by atoms with van der Waals surface area (Å²) in [6.07, 6.45) is 1.08. The number of sulfonamides is 1. The van der Waals surface area contributed by atoms with Gasteiger partial charge >= 0.3 is 6.18 Å². The lowest BCUT2D eigenvalue weighted by molar-refractivity contribution is -0.137. The van der Waals surface area contributed by atoms with E-state index in [4.69, 9.17) is 0 Å². The molecule has 1 aromatic rings. The van der Waals surface area contributed by atoms with E-state index in [1.165, 1.54) is 12.1 Å². The molecular weight excluding hydrogens is 339 g/mol. The molecule has 1 N–H and O–H groups in total. The molecular formula is C17H22F3NO2S. The smallest absolute Gasteiger partial charge is 0.283 e. The van der Waals surface area contributed by atoms with Crippen molar-refractivity contribution in [1.29, 1.82) is 0 Å². The maximum atomic E-state index is 12.7. The fourth-order valence-electron chi connectivity index (χ4n) is 4.03. The Morgan fingerprint density at radius 3 is 2.04 bits per heavy atom. The molecule has 2 saturated carbocycles. The Labute approximate surface area is 140 Å². The molecule has 0 aliphatic heterocycles. The van der Waals surface area contributed by atoms with Gasteiger partial charge in [0.15, 0.2) is 0 Å². The lowest BCUT2D eigenvalue weighted by Crippen LogP contribution is -2.52. The summed E-state index contributed by atoms with van der Waals surface area (Å²) in [7, 11) is -3.58. The van der Waals surface area contributed by atoms with Gasteiger partial charge in [-0.2, -0.15) is 13.2 Å². The van der Waals surface area contributed by atoms with Crippen LogP contribution in [0.15, 0.2) is 24.3 Å². The third-order valence-corrected chi connectivity index (χ3v) is 7.71. The number of nitrogens with one attached hydrogen (secondary N) is 1. The summed E-state index contributed by atoms with van der Waals surface area (Å²) in [6, 6.07) is 4.15. The molecule has 1 spiro atoms. The van der Waals surface area contributed by atoms with E-state index < -0.39 is 27.0 Å². The molecule has 7 heteroatoms. The van der Waals surface area contributed by atoms with E-state index in [9.17, 15) is 21.6 Å². The van der Waals surface area contributed by atoms with E-state index in [1.807, 2.05) is 0 Å². The summed E-state index contributed by atoms with van der Waals surface area (Å²) in [5.41, 5.74) is -0.731. The molecule has 0 heterocycles. The first-order valence-electron chi connectivity index (χ1n) is 8.31. The van der Waals surface area contributed by atoms with Gasteiger partial charge < -0.3 is 0 Å². The third kappa shape index (κ3) is 3.27. The minimum atomic E-state index is -4.42. The van der Waals surface area contributed by atoms with Crippen LogP contribution in [-0.4, -0.2) is 13.7 Å².